The fourth-order valence-corrected chi connectivity index (χ4v) is 1.78. The van der Waals surface area contributed by atoms with E-state index in [1.54, 1.807) is 13.8 Å². The molecule has 3 N–H and O–H groups in total. The van der Waals surface area contributed by atoms with Crippen molar-refractivity contribution in [2.45, 2.75) is 51.7 Å². The van der Waals surface area contributed by atoms with Gasteiger partial charge in [-0.2, -0.15) is 0 Å². The predicted molar refractivity (Wildman–Crippen MR) is 76.0 cm³/mol. The van der Waals surface area contributed by atoms with Crippen molar-refractivity contribution >= 4 is 11.7 Å². The molecule has 1 heterocycles. The van der Waals surface area contributed by atoms with Crippen molar-refractivity contribution < 1.29 is 14.3 Å². The van der Waals surface area contributed by atoms with E-state index in [1.165, 1.54) is 12.3 Å². The van der Waals surface area contributed by atoms with Gasteiger partial charge in [-0.15, -0.1) is 0 Å². The highest BCUT2D eigenvalue weighted by Crippen LogP contribution is 2.13. The molecule has 0 bridgehead atoms. The van der Waals surface area contributed by atoms with Crippen LogP contribution in [0.25, 0.3) is 0 Å². The first-order valence-corrected chi connectivity index (χ1v) is 6.67. The first-order valence-electron chi connectivity index (χ1n) is 6.67. The summed E-state index contributed by atoms with van der Waals surface area (Å²) in [7, 11) is 0. The lowest BCUT2D eigenvalue weighted by atomic mass is 10.00. The van der Waals surface area contributed by atoms with Crippen LogP contribution in [0.4, 0.5) is 14.9 Å². The van der Waals surface area contributed by atoms with Gasteiger partial charge < -0.3 is 15.7 Å². The van der Waals surface area contributed by atoms with E-state index in [1.807, 2.05) is 6.92 Å². The number of nitrogens with one attached hydrogen (secondary N) is 2. The summed E-state index contributed by atoms with van der Waals surface area (Å²) in [5, 5.41) is 14.9. The Morgan fingerprint density at radius 1 is 1.50 bits per heavy atom. The first-order chi connectivity index (χ1) is 9.26. The van der Waals surface area contributed by atoms with Gasteiger partial charge in [-0.05, 0) is 40.0 Å². The van der Waals surface area contributed by atoms with Gasteiger partial charge >= 0.3 is 6.03 Å². The molecule has 0 radical (unpaired) electrons. The molecule has 6 heteroatoms. The van der Waals surface area contributed by atoms with Crippen LogP contribution in [0.2, 0.25) is 0 Å². The summed E-state index contributed by atoms with van der Waals surface area (Å²) in [6, 6.07) is 0.776. The molecule has 1 rings (SSSR count). The average Bonchev–Trinajstić information content (AvgIpc) is 2.26. The maximum Gasteiger partial charge on any atom is 0.319 e. The SMILES string of the molecule is C[C@@H](CCCC(C)(C)O)NC(=O)Nc1cncc(F)c1. The third-order valence-electron chi connectivity index (χ3n) is 2.77. The van der Waals surface area contributed by atoms with Crippen molar-refractivity contribution in [3.63, 3.8) is 0 Å². The minimum Gasteiger partial charge on any atom is -0.390 e. The molecule has 1 aromatic rings. The maximum absolute atomic E-state index is 12.9. The molecule has 0 aromatic carbocycles. The number of pyridine rings is 1. The quantitative estimate of drug-likeness (QED) is 0.751. The van der Waals surface area contributed by atoms with E-state index in [0.29, 0.717) is 12.1 Å². The predicted octanol–water partition coefficient (Wildman–Crippen LogP) is 2.67. The number of aromatic nitrogens is 1. The van der Waals surface area contributed by atoms with Crippen molar-refractivity contribution in [1.29, 1.82) is 0 Å². The first kappa shape index (κ1) is 16.4. The van der Waals surface area contributed by atoms with Crippen molar-refractivity contribution in [3.05, 3.63) is 24.3 Å². The molecule has 5 nitrogen and oxygen atoms in total. The molecular weight excluding hydrogens is 261 g/mol. The second-order valence-corrected chi connectivity index (χ2v) is 5.60. The number of urea groups is 1. The van der Waals surface area contributed by atoms with Crippen LogP contribution in [0.15, 0.2) is 18.5 Å². The Hall–Kier alpha value is -1.69. The Morgan fingerprint density at radius 2 is 2.20 bits per heavy atom. The number of rotatable bonds is 6. The standard InChI is InChI=1S/C14H22FN3O2/c1-10(5-4-6-14(2,3)20)17-13(19)18-12-7-11(15)8-16-9-12/h7-10,20H,4-6H2,1-3H3,(H2,17,18,19)/t10-/m0/s1. The minimum atomic E-state index is -0.685. The Bertz CT molecular complexity index is 446. The average molecular weight is 283 g/mol. The molecule has 2 amide bonds. The number of aliphatic hydroxyl groups is 1. The van der Waals surface area contributed by atoms with Crippen LogP contribution in [0.5, 0.6) is 0 Å². The van der Waals surface area contributed by atoms with Crippen molar-refractivity contribution in [1.82, 2.24) is 10.3 Å². The summed E-state index contributed by atoms with van der Waals surface area (Å²) in [6.45, 7) is 5.40. The monoisotopic (exact) mass is 283 g/mol. The van der Waals surface area contributed by atoms with Crippen LogP contribution in [0.1, 0.15) is 40.0 Å². The second kappa shape index (κ2) is 7.19. The fraction of sp³-hybridized carbons (Fsp3) is 0.571. The molecule has 0 aliphatic heterocycles. The van der Waals surface area contributed by atoms with Gasteiger partial charge in [0.15, 0.2) is 0 Å². The van der Waals surface area contributed by atoms with Crippen LogP contribution in [0.3, 0.4) is 0 Å². The molecule has 0 saturated heterocycles. The fourth-order valence-electron chi connectivity index (χ4n) is 1.78. The number of anilines is 1. The highest BCUT2D eigenvalue weighted by Gasteiger charge is 2.13. The van der Waals surface area contributed by atoms with Gasteiger partial charge in [-0.25, -0.2) is 9.18 Å². The van der Waals surface area contributed by atoms with Crippen LogP contribution in [0, 0.1) is 5.82 Å². The van der Waals surface area contributed by atoms with E-state index in [0.717, 1.165) is 19.0 Å². The summed E-state index contributed by atoms with van der Waals surface area (Å²) in [5.74, 6) is -0.499. The van der Waals surface area contributed by atoms with E-state index in [2.05, 4.69) is 15.6 Å². The molecule has 112 valence electrons. The van der Waals surface area contributed by atoms with Gasteiger partial charge in [0, 0.05) is 12.1 Å². The summed E-state index contributed by atoms with van der Waals surface area (Å²) >= 11 is 0. The molecule has 0 aliphatic carbocycles. The number of nitrogens with zero attached hydrogens (tertiary/aromatic N) is 1. The van der Waals surface area contributed by atoms with Crippen molar-refractivity contribution in [2.24, 2.45) is 0 Å². The van der Waals surface area contributed by atoms with E-state index >= 15 is 0 Å². The zero-order valence-corrected chi connectivity index (χ0v) is 12.1. The molecule has 1 aromatic heterocycles. The number of halogens is 1. The Labute approximate surface area is 118 Å². The molecule has 1 atom stereocenters. The highest BCUT2D eigenvalue weighted by atomic mass is 19.1. The normalized spacial score (nSPS) is 12.8. The Morgan fingerprint density at radius 3 is 2.80 bits per heavy atom. The second-order valence-electron chi connectivity index (χ2n) is 5.60. The van der Waals surface area contributed by atoms with Gasteiger partial charge in [0.1, 0.15) is 5.82 Å². The number of carbonyl (C=O) groups excluding carboxylic acids is 1. The molecule has 0 aliphatic rings. The van der Waals surface area contributed by atoms with Gasteiger partial charge in [0.05, 0.1) is 23.7 Å². The zero-order valence-electron chi connectivity index (χ0n) is 12.1. The van der Waals surface area contributed by atoms with Crippen molar-refractivity contribution in [2.75, 3.05) is 5.32 Å². The molecule has 0 saturated carbocycles. The number of carbonyl (C=O) groups is 1. The molecule has 0 spiro atoms. The smallest absolute Gasteiger partial charge is 0.319 e. The number of amides is 2. The minimum absolute atomic E-state index is 0.0288. The van der Waals surface area contributed by atoms with E-state index in [9.17, 15) is 14.3 Å². The van der Waals surface area contributed by atoms with Crippen LogP contribution in [-0.2, 0) is 0 Å². The van der Waals surface area contributed by atoms with Crippen LogP contribution >= 0.6 is 0 Å². The molecular formula is C14H22FN3O2. The lowest BCUT2D eigenvalue weighted by Crippen LogP contribution is -2.36. The van der Waals surface area contributed by atoms with E-state index in [4.69, 9.17) is 0 Å². The molecule has 20 heavy (non-hydrogen) atoms. The Balaban J connectivity index is 2.31. The topological polar surface area (TPSA) is 74.2 Å². The zero-order chi connectivity index (χ0) is 15.2. The largest absolute Gasteiger partial charge is 0.390 e. The van der Waals surface area contributed by atoms with Gasteiger partial charge in [0.2, 0.25) is 0 Å². The van der Waals surface area contributed by atoms with E-state index < -0.39 is 17.4 Å². The summed E-state index contributed by atoms with van der Waals surface area (Å²) in [5.41, 5.74) is -0.374. The maximum atomic E-state index is 12.9. The number of hydrogen-bond donors (Lipinski definition) is 3. The van der Waals surface area contributed by atoms with E-state index in [-0.39, 0.29) is 6.04 Å². The summed E-state index contributed by atoms with van der Waals surface area (Å²) < 4.78 is 12.9. The Kier molecular flexibility index (Phi) is 5.88. The number of hydrogen-bond acceptors (Lipinski definition) is 3. The molecule has 0 unspecified atom stereocenters. The lowest BCUT2D eigenvalue weighted by molar-refractivity contribution is 0.0676. The third kappa shape index (κ3) is 7.04. The lowest BCUT2D eigenvalue weighted by Gasteiger charge is -2.19. The summed E-state index contributed by atoms with van der Waals surface area (Å²) in [4.78, 5) is 15.3. The molecule has 0 fully saturated rings. The van der Waals surface area contributed by atoms with Gasteiger partial charge in [-0.3, -0.25) is 4.98 Å². The van der Waals surface area contributed by atoms with Crippen LogP contribution in [-0.4, -0.2) is 27.8 Å². The highest BCUT2D eigenvalue weighted by molar-refractivity contribution is 5.89. The van der Waals surface area contributed by atoms with Crippen molar-refractivity contribution in [3.8, 4) is 0 Å². The van der Waals surface area contributed by atoms with Crippen LogP contribution < -0.4 is 10.6 Å². The third-order valence-corrected chi connectivity index (χ3v) is 2.77. The van der Waals surface area contributed by atoms with Gasteiger partial charge in [-0.1, -0.05) is 0 Å². The summed E-state index contributed by atoms with van der Waals surface area (Å²) in [6.07, 6.45) is 4.70. The van der Waals surface area contributed by atoms with Gasteiger partial charge in [0.25, 0.3) is 0 Å².